The molecule has 0 amide bonds. The Balaban J connectivity index is 0.00000151. The number of hydrogen-bond donors (Lipinski definition) is 3. The van der Waals surface area contributed by atoms with Gasteiger partial charge >= 0.3 is 5.97 Å². The van der Waals surface area contributed by atoms with Crippen molar-refractivity contribution in [2.24, 2.45) is 0 Å². The standard InChI is InChI=1S/C37H35N3O4.2C2H6/c1-25-20-29(21-36(41)42)14-18-33(25)39-30-15-16-31(34(22-30)38-3)26(2)32-17-19-35(43-23-27-10-6-4-7-11-27)40-37(32)44-24-28-12-8-5-9-13-28;2*1-2/h4-20,22,38-39H,2,21,23-24H2,1,3H3,(H,41,42);2*1-2H3. The van der Waals surface area contributed by atoms with Crippen molar-refractivity contribution in [1.29, 1.82) is 0 Å². The first kappa shape index (κ1) is 36.9. The molecule has 3 N–H and O–H groups in total. The summed E-state index contributed by atoms with van der Waals surface area (Å²) < 4.78 is 12.3. The lowest BCUT2D eigenvalue weighted by molar-refractivity contribution is -0.136. The van der Waals surface area contributed by atoms with Gasteiger partial charge in [-0.3, -0.25) is 4.79 Å². The number of hydrogen-bond acceptors (Lipinski definition) is 6. The van der Waals surface area contributed by atoms with Gasteiger partial charge in [0.15, 0.2) is 0 Å². The minimum Gasteiger partial charge on any atom is -0.481 e. The Morgan fingerprint density at radius 1 is 0.729 bits per heavy atom. The molecule has 0 unspecified atom stereocenters. The predicted octanol–water partition coefficient (Wildman–Crippen LogP) is 10.1. The van der Waals surface area contributed by atoms with Crippen LogP contribution in [-0.4, -0.2) is 23.1 Å². The Hall–Kier alpha value is -5.56. The van der Waals surface area contributed by atoms with Gasteiger partial charge in [0.05, 0.1) is 6.42 Å². The Labute approximate surface area is 285 Å². The molecule has 48 heavy (non-hydrogen) atoms. The predicted molar refractivity (Wildman–Crippen MR) is 198 cm³/mol. The van der Waals surface area contributed by atoms with E-state index in [0.717, 1.165) is 56.0 Å². The molecule has 5 aromatic rings. The van der Waals surface area contributed by atoms with Crippen molar-refractivity contribution in [2.45, 2.75) is 54.3 Å². The molecule has 0 radical (unpaired) electrons. The minimum atomic E-state index is -0.849. The number of carbonyl (C=O) groups is 1. The van der Waals surface area contributed by atoms with Crippen LogP contribution in [0.3, 0.4) is 0 Å². The summed E-state index contributed by atoms with van der Waals surface area (Å²) in [5.74, 6) is 0.0510. The molecule has 250 valence electrons. The third-order valence-electron chi connectivity index (χ3n) is 7.15. The van der Waals surface area contributed by atoms with Gasteiger partial charge in [-0.05, 0) is 59.0 Å². The summed E-state index contributed by atoms with van der Waals surface area (Å²) in [6.07, 6.45) is -0.00608. The second-order valence-electron chi connectivity index (χ2n) is 10.4. The monoisotopic (exact) mass is 645 g/mol. The maximum Gasteiger partial charge on any atom is 0.307 e. The number of carboxylic acid groups (broad SMARTS) is 1. The third-order valence-corrected chi connectivity index (χ3v) is 7.15. The third kappa shape index (κ3) is 10.5. The van der Waals surface area contributed by atoms with Crippen LogP contribution in [0.1, 0.15) is 61.1 Å². The van der Waals surface area contributed by atoms with E-state index in [-0.39, 0.29) is 6.42 Å². The fraction of sp³-hybridized carbons (Fsp3) is 0.220. The summed E-state index contributed by atoms with van der Waals surface area (Å²) in [7, 11) is 1.87. The molecule has 0 saturated heterocycles. The molecule has 0 aliphatic rings. The SMILES string of the molecule is C=C(c1ccc(Nc2ccc(CC(=O)O)cc2C)cc1NC)c1ccc(OCc2ccccc2)nc1OCc1ccccc1.CC.CC. The molecule has 0 fully saturated rings. The number of aromatic nitrogens is 1. The molecule has 0 spiro atoms. The van der Waals surface area contributed by atoms with Crippen LogP contribution in [0.4, 0.5) is 17.1 Å². The minimum absolute atomic E-state index is 0.00608. The Kier molecular flexibility index (Phi) is 14.7. The smallest absolute Gasteiger partial charge is 0.307 e. The number of anilines is 3. The normalized spacial score (nSPS) is 9.96. The topological polar surface area (TPSA) is 92.7 Å². The van der Waals surface area contributed by atoms with E-state index in [1.165, 1.54) is 0 Å². The van der Waals surface area contributed by atoms with E-state index in [1.807, 2.05) is 151 Å². The number of nitrogens with one attached hydrogen (secondary N) is 2. The number of ether oxygens (including phenoxy) is 2. The number of nitrogens with zero attached hydrogens (tertiary/aromatic N) is 1. The molecular weight excluding hydrogens is 598 g/mol. The van der Waals surface area contributed by atoms with Gasteiger partial charge in [0.25, 0.3) is 0 Å². The van der Waals surface area contributed by atoms with Crippen LogP contribution < -0.4 is 20.1 Å². The van der Waals surface area contributed by atoms with Crippen molar-refractivity contribution in [2.75, 3.05) is 17.7 Å². The van der Waals surface area contributed by atoms with Gasteiger partial charge in [0, 0.05) is 41.3 Å². The molecule has 1 aromatic heterocycles. The van der Waals surface area contributed by atoms with Crippen molar-refractivity contribution < 1.29 is 19.4 Å². The van der Waals surface area contributed by atoms with Gasteiger partial charge in [-0.25, -0.2) is 0 Å². The second-order valence-corrected chi connectivity index (χ2v) is 10.4. The first-order valence-corrected chi connectivity index (χ1v) is 16.3. The first-order chi connectivity index (χ1) is 23.4. The molecule has 0 aliphatic heterocycles. The van der Waals surface area contributed by atoms with Crippen molar-refractivity contribution in [1.82, 2.24) is 4.98 Å². The summed E-state index contributed by atoms with van der Waals surface area (Å²) >= 11 is 0. The lowest BCUT2D eigenvalue weighted by atomic mass is 9.98. The van der Waals surface area contributed by atoms with Gasteiger partial charge in [0.1, 0.15) is 13.2 Å². The summed E-state index contributed by atoms with van der Waals surface area (Å²) in [6, 6.07) is 35.3. The number of benzene rings is 4. The van der Waals surface area contributed by atoms with Crippen molar-refractivity contribution in [3.63, 3.8) is 0 Å². The quantitative estimate of drug-likeness (QED) is 0.117. The number of carboxylic acids is 1. The highest BCUT2D eigenvalue weighted by molar-refractivity contribution is 5.88. The van der Waals surface area contributed by atoms with Gasteiger partial charge in [0.2, 0.25) is 11.8 Å². The van der Waals surface area contributed by atoms with Crippen LogP contribution in [0, 0.1) is 6.92 Å². The average molecular weight is 646 g/mol. The largest absolute Gasteiger partial charge is 0.481 e. The molecule has 0 bridgehead atoms. The zero-order valence-corrected chi connectivity index (χ0v) is 28.8. The summed E-state index contributed by atoms with van der Waals surface area (Å²) in [5, 5.41) is 15.8. The fourth-order valence-electron chi connectivity index (χ4n) is 4.84. The highest BCUT2D eigenvalue weighted by atomic mass is 16.5. The zero-order chi connectivity index (χ0) is 34.9. The van der Waals surface area contributed by atoms with E-state index in [2.05, 4.69) is 17.2 Å². The van der Waals surface area contributed by atoms with Crippen LogP contribution in [0.15, 0.2) is 116 Å². The maximum atomic E-state index is 11.1. The molecular formula is C41H47N3O4. The van der Waals surface area contributed by atoms with E-state index in [0.29, 0.717) is 25.0 Å². The maximum absolute atomic E-state index is 11.1. The van der Waals surface area contributed by atoms with Crippen LogP contribution in [0.2, 0.25) is 0 Å². The van der Waals surface area contributed by atoms with E-state index >= 15 is 0 Å². The van der Waals surface area contributed by atoms with Crippen LogP contribution in [0.25, 0.3) is 5.57 Å². The van der Waals surface area contributed by atoms with Crippen molar-refractivity contribution in [3.05, 3.63) is 149 Å². The molecule has 0 atom stereocenters. The van der Waals surface area contributed by atoms with Gasteiger partial charge < -0.3 is 25.2 Å². The van der Waals surface area contributed by atoms with Crippen LogP contribution >= 0.6 is 0 Å². The average Bonchev–Trinajstić information content (AvgIpc) is 3.13. The van der Waals surface area contributed by atoms with E-state index < -0.39 is 5.97 Å². The highest BCUT2D eigenvalue weighted by Gasteiger charge is 2.17. The number of aliphatic carboxylic acids is 1. The molecule has 5 rings (SSSR count). The first-order valence-electron chi connectivity index (χ1n) is 16.3. The molecule has 7 heteroatoms. The Bertz CT molecular complexity index is 1760. The number of aryl methyl sites for hydroxylation is 1. The van der Waals surface area contributed by atoms with Crippen LogP contribution in [-0.2, 0) is 24.4 Å². The van der Waals surface area contributed by atoms with Crippen molar-refractivity contribution in [3.8, 4) is 11.8 Å². The zero-order valence-electron chi connectivity index (χ0n) is 28.8. The molecule has 4 aromatic carbocycles. The van der Waals surface area contributed by atoms with Gasteiger partial charge in [-0.1, -0.05) is 113 Å². The Morgan fingerprint density at radius 3 is 1.92 bits per heavy atom. The molecule has 7 nitrogen and oxygen atoms in total. The highest BCUT2D eigenvalue weighted by Crippen LogP contribution is 2.36. The van der Waals surface area contributed by atoms with E-state index in [4.69, 9.17) is 19.6 Å². The Morgan fingerprint density at radius 2 is 1.33 bits per heavy atom. The summed E-state index contributed by atoms with van der Waals surface area (Å²) in [6.45, 7) is 15.1. The van der Waals surface area contributed by atoms with Crippen LogP contribution in [0.5, 0.6) is 11.8 Å². The van der Waals surface area contributed by atoms with E-state index in [1.54, 1.807) is 0 Å². The summed E-state index contributed by atoms with van der Waals surface area (Å²) in [5.41, 5.74) is 8.86. The molecule has 1 heterocycles. The van der Waals surface area contributed by atoms with Gasteiger partial charge in [-0.2, -0.15) is 4.98 Å². The van der Waals surface area contributed by atoms with Crippen molar-refractivity contribution >= 4 is 28.6 Å². The number of rotatable bonds is 13. The molecule has 0 saturated carbocycles. The lowest BCUT2D eigenvalue weighted by Crippen LogP contribution is -2.05. The lowest BCUT2D eigenvalue weighted by Gasteiger charge is -2.18. The van der Waals surface area contributed by atoms with E-state index in [9.17, 15) is 4.79 Å². The fourth-order valence-corrected chi connectivity index (χ4v) is 4.84. The number of pyridine rings is 1. The second kappa shape index (κ2) is 19.2. The summed E-state index contributed by atoms with van der Waals surface area (Å²) in [4.78, 5) is 15.8. The van der Waals surface area contributed by atoms with Gasteiger partial charge in [-0.15, -0.1) is 0 Å². The molecule has 0 aliphatic carbocycles.